The average Bonchev–Trinajstić information content (AvgIpc) is 3.44. The molecule has 3 rings (SSSR count). The van der Waals surface area contributed by atoms with Gasteiger partial charge in [-0.25, -0.2) is 4.79 Å². The Kier molecular flexibility index (Phi) is 4.88. The van der Waals surface area contributed by atoms with E-state index < -0.39 is 6.03 Å². The number of hydrogen-bond acceptors (Lipinski definition) is 3. The van der Waals surface area contributed by atoms with Crippen LogP contribution in [0.3, 0.4) is 0 Å². The van der Waals surface area contributed by atoms with E-state index in [0.29, 0.717) is 17.8 Å². The lowest BCUT2D eigenvalue weighted by atomic mass is 10.1. The molecule has 0 aliphatic heterocycles. The SMILES string of the molecule is COc1ccc(CN(C(=O)c2cccc(NC(N)=O)c2)C2CC2)cc1. The summed E-state index contributed by atoms with van der Waals surface area (Å²) in [6.07, 6.45) is 2.03. The molecule has 3 N–H and O–H groups in total. The summed E-state index contributed by atoms with van der Waals surface area (Å²) in [7, 11) is 1.63. The molecular weight excluding hydrogens is 318 g/mol. The molecule has 0 spiro atoms. The van der Waals surface area contributed by atoms with Crippen LogP contribution in [0.25, 0.3) is 0 Å². The van der Waals surface area contributed by atoms with Crippen molar-refractivity contribution in [3.63, 3.8) is 0 Å². The highest BCUT2D eigenvalue weighted by Crippen LogP contribution is 2.30. The Hall–Kier alpha value is -3.02. The van der Waals surface area contributed by atoms with Crippen LogP contribution in [0.15, 0.2) is 48.5 Å². The number of nitrogens with two attached hydrogens (primary N) is 1. The fourth-order valence-electron chi connectivity index (χ4n) is 2.72. The molecule has 130 valence electrons. The van der Waals surface area contributed by atoms with Crippen LogP contribution in [0.1, 0.15) is 28.8 Å². The first kappa shape index (κ1) is 16.8. The second kappa shape index (κ2) is 7.25. The summed E-state index contributed by atoms with van der Waals surface area (Å²) >= 11 is 0. The van der Waals surface area contributed by atoms with Crippen molar-refractivity contribution in [3.05, 3.63) is 59.7 Å². The molecule has 1 saturated carbocycles. The fourth-order valence-corrected chi connectivity index (χ4v) is 2.72. The quantitative estimate of drug-likeness (QED) is 0.848. The Balaban J connectivity index is 1.78. The monoisotopic (exact) mass is 339 g/mol. The molecule has 0 atom stereocenters. The molecule has 0 bridgehead atoms. The van der Waals surface area contributed by atoms with E-state index in [1.165, 1.54) is 0 Å². The standard InChI is InChI=1S/C19H21N3O3/c1-25-17-9-5-13(6-10-17)12-22(16-7-8-16)18(23)14-3-2-4-15(11-14)21-19(20)24/h2-6,9-11,16H,7-8,12H2,1H3,(H3,20,21,24). The van der Waals surface area contributed by atoms with Gasteiger partial charge in [0.05, 0.1) is 7.11 Å². The topological polar surface area (TPSA) is 84.7 Å². The number of ether oxygens (including phenoxy) is 1. The fraction of sp³-hybridized carbons (Fsp3) is 0.263. The summed E-state index contributed by atoms with van der Waals surface area (Å²) in [6, 6.07) is 14.2. The second-order valence-corrected chi connectivity index (χ2v) is 6.08. The molecule has 1 aliphatic rings. The molecule has 2 aromatic carbocycles. The predicted molar refractivity (Wildman–Crippen MR) is 95.5 cm³/mol. The van der Waals surface area contributed by atoms with E-state index >= 15 is 0 Å². The zero-order valence-corrected chi connectivity index (χ0v) is 14.1. The number of benzene rings is 2. The number of amides is 3. The summed E-state index contributed by atoms with van der Waals surface area (Å²) in [4.78, 5) is 25.8. The van der Waals surface area contributed by atoms with Crippen molar-refractivity contribution >= 4 is 17.6 Å². The molecule has 0 radical (unpaired) electrons. The van der Waals surface area contributed by atoms with Gasteiger partial charge < -0.3 is 20.7 Å². The number of carbonyl (C=O) groups excluding carboxylic acids is 2. The molecule has 1 fully saturated rings. The van der Waals surface area contributed by atoms with Crippen LogP contribution in [0, 0.1) is 0 Å². The van der Waals surface area contributed by atoms with Gasteiger partial charge in [-0.3, -0.25) is 4.79 Å². The number of nitrogens with zero attached hydrogens (tertiary/aromatic N) is 1. The maximum Gasteiger partial charge on any atom is 0.316 e. The van der Waals surface area contributed by atoms with Gasteiger partial charge in [-0.15, -0.1) is 0 Å². The van der Waals surface area contributed by atoms with Gasteiger partial charge in [0.15, 0.2) is 0 Å². The van der Waals surface area contributed by atoms with Crippen molar-refractivity contribution in [1.29, 1.82) is 0 Å². The van der Waals surface area contributed by atoms with Gasteiger partial charge in [-0.1, -0.05) is 18.2 Å². The molecule has 3 amide bonds. The van der Waals surface area contributed by atoms with Gasteiger partial charge in [0.2, 0.25) is 0 Å². The Bertz CT molecular complexity index is 770. The molecule has 25 heavy (non-hydrogen) atoms. The van der Waals surface area contributed by atoms with Crippen LogP contribution >= 0.6 is 0 Å². The van der Waals surface area contributed by atoms with Gasteiger partial charge in [0.25, 0.3) is 5.91 Å². The average molecular weight is 339 g/mol. The van der Waals surface area contributed by atoms with Crippen LogP contribution in [0.5, 0.6) is 5.75 Å². The first-order valence-electron chi connectivity index (χ1n) is 8.17. The van der Waals surface area contributed by atoms with E-state index in [1.807, 2.05) is 29.2 Å². The van der Waals surface area contributed by atoms with Crippen LogP contribution in [0.2, 0.25) is 0 Å². The predicted octanol–water partition coefficient (Wildman–Crippen LogP) is 2.99. The summed E-state index contributed by atoms with van der Waals surface area (Å²) in [5.74, 6) is 0.740. The molecule has 0 unspecified atom stereocenters. The highest BCUT2D eigenvalue weighted by atomic mass is 16.5. The van der Waals surface area contributed by atoms with Crippen molar-refractivity contribution < 1.29 is 14.3 Å². The maximum atomic E-state index is 12.9. The van der Waals surface area contributed by atoms with Crippen molar-refractivity contribution in [1.82, 2.24) is 4.90 Å². The lowest BCUT2D eigenvalue weighted by Gasteiger charge is -2.23. The van der Waals surface area contributed by atoms with Crippen LogP contribution in [-0.2, 0) is 6.54 Å². The Labute approximate surface area is 146 Å². The summed E-state index contributed by atoms with van der Waals surface area (Å²) in [5, 5.41) is 2.50. The van der Waals surface area contributed by atoms with Crippen LogP contribution < -0.4 is 15.8 Å². The molecule has 2 aromatic rings. The number of methoxy groups -OCH3 is 1. The van der Waals surface area contributed by atoms with E-state index in [-0.39, 0.29) is 11.9 Å². The lowest BCUT2D eigenvalue weighted by molar-refractivity contribution is 0.0730. The lowest BCUT2D eigenvalue weighted by Crippen LogP contribution is -2.32. The Morgan fingerprint density at radius 1 is 1.20 bits per heavy atom. The zero-order chi connectivity index (χ0) is 17.8. The molecule has 0 saturated heterocycles. The van der Waals surface area contributed by atoms with E-state index in [1.54, 1.807) is 31.4 Å². The molecule has 6 heteroatoms. The molecule has 0 aromatic heterocycles. The third-order valence-electron chi connectivity index (χ3n) is 4.14. The Morgan fingerprint density at radius 3 is 2.52 bits per heavy atom. The van der Waals surface area contributed by atoms with Crippen molar-refractivity contribution in [2.75, 3.05) is 12.4 Å². The number of primary amides is 1. The highest BCUT2D eigenvalue weighted by Gasteiger charge is 2.33. The number of rotatable bonds is 6. The number of hydrogen-bond donors (Lipinski definition) is 2. The third-order valence-corrected chi connectivity index (χ3v) is 4.14. The number of carbonyl (C=O) groups is 2. The second-order valence-electron chi connectivity index (χ2n) is 6.08. The molecular formula is C19H21N3O3. The number of nitrogens with one attached hydrogen (secondary N) is 1. The van der Waals surface area contributed by atoms with Crippen molar-refractivity contribution in [2.45, 2.75) is 25.4 Å². The minimum absolute atomic E-state index is 0.0496. The van der Waals surface area contributed by atoms with Gasteiger partial charge in [-0.2, -0.15) is 0 Å². The zero-order valence-electron chi connectivity index (χ0n) is 14.1. The number of anilines is 1. The minimum Gasteiger partial charge on any atom is -0.497 e. The van der Waals surface area contributed by atoms with E-state index in [0.717, 1.165) is 24.2 Å². The highest BCUT2D eigenvalue weighted by molar-refractivity contribution is 5.97. The molecule has 1 aliphatic carbocycles. The summed E-state index contributed by atoms with van der Waals surface area (Å²) in [5.41, 5.74) is 7.23. The Morgan fingerprint density at radius 2 is 1.92 bits per heavy atom. The first-order chi connectivity index (χ1) is 12.1. The molecule has 0 heterocycles. The van der Waals surface area contributed by atoms with Gasteiger partial charge in [0.1, 0.15) is 5.75 Å². The summed E-state index contributed by atoms with van der Waals surface area (Å²) in [6.45, 7) is 0.543. The molecule has 6 nitrogen and oxygen atoms in total. The van der Waals surface area contributed by atoms with Gasteiger partial charge in [0, 0.05) is 23.8 Å². The number of urea groups is 1. The van der Waals surface area contributed by atoms with E-state index in [2.05, 4.69) is 5.32 Å². The van der Waals surface area contributed by atoms with E-state index in [9.17, 15) is 9.59 Å². The van der Waals surface area contributed by atoms with Crippen LogP contribution in [0.4, 0.5) is 10.5 Å². The van der Waals surface area contributed by atoms with Gasteiger partial charge in [-0.05, 0) is 48.7 Å². The van der Waals surface area contributed by atoms with Gasteiger partial charge >= 0.3 is 6.03 Å². The van der Waals surface area contributed by atoms with E-state index in [4.69, 9.17) is 10.5 Å². The van der Waals surface area contributed by atoms with Crippen molar-refractivity contribution in [3.8, 4) is 5.75 Å². The minimum atomic E-state index is -0.651. The maximum absolute atomic E-state index is 12.9. The van der Waals surface area contributed by atoms with Crippen molar-refractivity contribution in [2.24, 2.45) is 5.73 Å². The third kappa shape index (κ3) is 4.29. The summed E-state index contributed by atoms with van der Waals surface area (Å²) < 4.78 is 5.17. The smallest absolute Gasteiger partial charge is 0.316 e. The van der Waals surface area contributed by atoms with Crippen LogP contribution in [-0.4, -0.2) is 30.0 Å². The first-order valence-corrected chi connectivity index (χ1v) is 8.17. The largest absolute Gasteiger partial charge is 0.497 e. The normalized spacial score (nSPS) is 13.2.